The number of ether oxygens (including phenoxy) is 4. The van der Waals surface area contributed by atoms with Crippen LogP contribution >= 0.6 is 24.0 Å². The fourth-order valence-electron chi connectivity index (χ4n) is 12.6. The molecule has 100 heavy (non-hydrogen) atoms. The van der Waals surface area contributed by atoms with Crippen LogP contribution in [-0.2, 0) is 54.1 Å². The molecule has 2 heterocycles. The largest absolute Gasteiger partial charge is 1.00 e. The first kappa shape index (κ1) is 90.8. The van der Waals surface area contributed by atoms with Crippen molar-refractivity contribution in [3.8, 4) is 11.5 Å². The quantitative estimate of drug-likeness (QED) is 0.0353. The molecule has 1 aromatic rings. The fraction of sp³-hybridized carbons (Fsp3) is 0.534. The summed E-state index contributed by atoms with van der Waals surface area (Å²) in [6.07, 6.45) is 19.7. The molecule has 2 aliphatic heterocycles. The number of quaternary nitrogens is 2. The molecule has 17 N–H and O–H groups in total. The third kappa shape index (κ3) is 26.3. The van der Waals surface area contributed by atoms with Crippen molar-refractivity contribution in [1.82, 2.24) is 5.32 Å². The maximum absolute atomic E-state index is 13.6. The molecule has 24 nitrogen and oxygen atoms in total. The molecule has 6 rings (SSSR count). The van der Waals surface area contributed by atoms with Gasteiger partial charge in [-0.15, -0.1) is 19.0 Å². The lowest BCUT2D eigenvalue weighted by Crippen LogP contribution is -3.00. The fourth-order valence-corrected chi connectivity index (χ4v) is 12.8. The number of primary amides is 2. The van der Waals surface area contributed by atoms with E-state index in [-0.39, 0.29) is 101 Å². The summed E-state index contributed by atoms with van der Waals surface area (Å²) in [5, 5.41) is 61.7. The van der Waals surface area contributed by atoms with Crippen LogP contribution in [0.15, 0.2) is 125 Å². The van der Waals surface area contributed by atoms with Gasteiger partial charge in [0.15, 0.2) is 17.2 Å². The van der Waals surface area contributed by atoms with E-state index in [4.69, 9.17) is 47.7 Å². The first-order valence-corrected chi connectivity index (χ1v) is 33.6. The minimum absolute atomic E-state index is 0. The third-order valence-electron chi connectivity index (χ3n) is 18.4. The highest BCUT2D eigenvalue weighted by Crippen LogP contribution is 2.41. The van der Waals surface area contributed by atoms with E-state index in [1.807, 2.05) is 53.7 Å². The summed E-state index contributed by atoms with van der Waals surface area (Å²) >= 11 is 5.26. The number of fused-ring (bicyclic) bond motifs is 4. The van der Waals surface area contributed by atoms with Crippen molar-refractivity contribution in [2.75, 3.05) is 26.1 Å². The molecule has 4 bridgehead atoms. The van der Waals surface area contributed by atoms with E-state index < -0.39 is 95.3 Å². The normalized spacial score (nSPS) is 29.3. The number of carboxylic acids is 1. The van der Waals surface area contributed by atoms with Crippen molar-refractivity contribution in [1.29, 1.82) is 0 Å². The number of aliphatic carboxylic acids is 1. The number of aliphatic hydroxyl groups is 2. The highest BCUT2D eigenvalue weighted by molar-refractivity contribution is 6.65. The van der Waals surface area contributed by atoms with E-state index in [9.17, 15) is 63.9 Å². The van der Waals surface area contributed by atoms with Gasteiger partial charge in [-0.25, -0.2) is 9.59 Å². The number of ketones is 2. The lowest BCUT2D eigenvalue weighted by Gasteiger charge is -2.32. The van der Waals surface area contributed by atoms with Crippen LogP contribution in [0.5, 0.6) is 11.5 Å². The van der Waals surface area contributed by atoms with Crippen LogP contribution < -0.4 is 56.4 Å². The van der Waals surface area contributed by atoms with Crippen LogP contribution in [-0.4, -0.2) is 136 Å². The summed E-state index contributed by atoms with van der Waals surface area (Å²) in [5.41, 5.74) is 21.9. The van der Waals surface area contributed by atoms with Gasteiger partial charge >= 0.3 is 12.2 Å². The number of Topliss-reactive ketones (excluding diaryl/α,β-unsaturated/α-hetero) is 1. The number of phenols is 2. The van der Waals surface area contributed by atoms with E-state index >= 15 is 0 Å². The monoisotopic (exact) mass is 1460 g/mol. The standard InChI is InChI=1S/C31H42N2O7.C30H43N3O7.C6H10ClNO.C6H11NO2.2ClH/c1-8-9-13-22-23-15-21(6)29(39-7)26(35)19(4)14-20(5)28(40-31(32)38)17(2)11-10-12-18(3)30(37)33-24(27(23)36)16-25(22)34;1-8-12-32-24-21-14-20(6)28(39-7)25(35)18(4)13-19(5)27(40-30(31)38)16(2)10-9-11-17(3)29(37)33-22(26(21)36)15-23(24)34;7-5(9)6(8)3-1-2-4-6;7-6(5(8)9)3-1-2-4-6;;/h8,10-12,14,16-17,19,21,26,28-29,35H,1,9,13,15H2,2-7H3,(H2,32,38)(H,33,37);8-11,13,15-16,18,20,25,27-28,32,34-36H,1,12,14H2,2-7H3,(H2,31,38)(H,33,37);1-4,8H2;1-4,7H2,(H,8,9);2*1H/b11-10-,18-12+,20-14+;10-9-,17-11+,19-13+;;;;/t17-,19-,21+,26+,28+,29-;16-,18-,20+,25+,27+,28-;;;;/m00..../s1. The van der Waals surface area contributed by atoms with Gasteiger partial charge in [0.1, 0.15) is 29.5 Å². The number of nitrogens with two attached hydrogens (primary N) is 4. The Morgan fingerprint density at radius 1 is 0.740 bits per heavy atom. The molecule has 0 aromatic heterocycles. The molecule has 558 valence electrons. The number of hydrogen-bond donors (Lipinski definition) is 11. The van der Waals surface area contributed by atoms with Gasteiger partial charge in [-0.3, -0.25) is 24.0 Å². The van der Waals surface area contributed by atoms with Crippen molar-refractivity contribution in [2.24, 2.45) is 52.7 Å². The summed E-state index contributed by atoms with van der Waals surface area (Å²) in [4.78, 5) is 96.8. The molecule has 27 heteroatoms. The predicted molar refractivity (Wildman–Crippen MR) is 379 cm³/mol. The van der Waals surface area contributed by atoms with Crippen LogP contribution in [0.25, 0.3) is 0 Å². The molecule has 1 aromatic carbocycles. The Bertz CT molecular complexity index is 3280. The summed E-state index contributed by atoms with van der Waals surface area (Å²) in [5.74, 6) is -5.21. The third-order valence-corrected chi connectivity index (χ3v) is 18.8. The maximum Gasteiger partial charge on any atom is 0.405 e. The van der Waals surface area contributed by atoms with Crippen LogP contribution in [0, 0.1) is 35.5 Å². The maximum atomic E-state index is 13.6. The van der Waals surface area contributed by atoms with E-state index in [1.54, 1.807) is 81.6 Å². The number of anilines is 1. The predicted octanol–water partition coefficient (Wildman–Crippen LogP) is 3.91. The van der Waals surface area contributed by atoms with Crippen LogP contribution in [0.4, 0.5) is 21.0 Å². The number of phenolic OH excluding ortho intramolecular Hbond substituents is 2. The number of carboxylic acid groups (broad SMARTS) is 1. The van der Waals surface area contributed by atoms with Crippen LogP contribution in [0.3, 0.4) is 0 Å². The van der Waals surface area contributed by atoms with Crippen molar-refractivity contribution in [3.63, 3.8) is 0 Å². The molecule has 3 aliphatic carbocycles. The number of methoxy groups -OCH3 is 2. The zero-order valence-electron chi connectivity index (χ0n) is 59.7. The molecule has 12 atom stereocenters. The average Bonchev–Trinajstić information content (AvgIpc) is 0.938. The number of aromatic hydroxyl groups is 2. The lowest BCUT2D eigenvalue weighted by atomic mass is 9.81. The molecule has 0 unspecified atom stereocenters. The highest BCUT2D eigenvalue weighted by atomic mass is 35.5. The van der Waals surface area contributed by atoms with Crippen LogP contribution in [0.2, 0.25) is 0 Å². The number of amides is 4. The van der Waals surface area contributed by atoms with E-state index in [0.717, 1.165) is 38.5 Å². The average molecular weight is 1460 g/mol. The second-order valence-electron chi connectivity index (χ2n) is 26.5. The Balaban J connectivity index is 0.000000782. The molecule has 0 radical (unpaired) electrons. The van der Waals surface area contributed by atoms with Gasteiger partial charge in [-0.05, 0) is 120 Å². The van der Waals surface area contributed by atoms with Crippen molar-refractivity contribution < 1.29 is 106 Å². The first-order chi connectivity index (χ1) is 45.9. The van der Waals surface area contributed by atoms with E-state index in [1.165, 1.54) is 26.4 Å². The van der Waals surface area contributed by atoms with Crippen LogP contribution in [0.1, 0.15) is 145 Å². The molecule has 5 aliphatic rings. The molecule has 0 spiro atoms. The number of carbonyl (C=O) groups excluding carboxylic acids is 8. The molecule has 2 fully saturated rings. The van der Waals surface area contributed by atoms with Gasteiger partial charge < -0.3 is 101 Å². The number of aliphatic hydroxyl groups excluding tert-OH is 2. The Hall–Kier alpha value is -7.23. The molecular weight excluding hydrogens is 1350 g/mol. The van der Waals surface area contributed by atoms with Crippen molar-refractivity contribution in [3.05, 3.63) is 131 Å². The van der Waals surface area contributed by atoms with Gasteiger partial charge in [0, 0.05) is 85.2 Å². The summed E-state index contributed by atoms with van der Waals surface area (Å²) < 4.78 is 22.2. The second-order valence-corrected chi connectivity index (χ2v) is 26.8. The number of nitrogens with one attached hydrogen (secondary N) is 2. The van der Waals surface area contributed by atoms with Gasteiger partial charge in [0.25, 0.3) is 11.8 Å². The summed E-state index contributed by atoms with van der Waals surface area (Å²) in [6, 6.07) is 1.31. The van der Waals surface area contributed by atoms with Gasteiger partial charge in [0.05, 0.1) is 53.4 Å². The number of carbonyl (C=O) groups is 8. The highest BCUT2D eigenvalue weighted by Gasteiger charge is 2.39. The van der Waals surface area contributed by atoms with Crippen molar-refractivity contribution >= 4 is 82.2 Å². The van der Waals surface area contributed by atoms with Crippen molar-refractivity contribution in [2.45, 2.75) is 194 Å². The summed E-state index contributed by atoms with van der Waals surface area (Å²) in [6.45, 7) is 25.7. The number of benzene rings is 1. The zero-order chi connectivity index (χ0) is 74.1. The smallest absolute Gasteiger partial charge is 0.405 e. The summed E-state index contributed by atoms with van der Waals surface area (Å²) in [7, 11) is 2.98. The van der Waals surface area contributed by atoms with Gasteiger partial charge in [0.2, 0.25) is 11.0 Å². The first-order valence-electron chi connectivity index (χ1n) is 33.2. The molecule has 2 saturated carbocycles. The Labute approximate surface area is 605 Å². The molecular formula is C73H108Cl3N7O17. The number of allylic oxidation sites excluding steroid dienone is 8. The number of hydrogen-bond acceptors (Lipinski definition) is 18. The Kier molecular flexibility index (Phi) is 38.9. The number of halogens is 3. The Morgan fingerprint density at radius 3 is 1.59 bits per heavy atom. The SMILES string of the molecule is C=CCCC1=C2C[C@@H](C)[C@H](OC)[C@H](O)[C@@H](C)/C=C(\C)[C@H](OC(N)=O)[C@@H](C)/C=C\C=C(/C)C(=O)NC(=CC1=O)C2=O.C=CC[NH2+]c1c(O)cc2c(O)c1C[C@@H](C)[C@H](OC)[C@H](O)[C@@H](C)/C=C(\C)[C@H](OC(N)=O)[C@@H](C)/C=C\C=C(/C)C(=O)N2.Cl.NC1(C(=O)Cl)CCCC1.[Cl-].[NH3+]C1(C(=O)[O-])CCCC1. The molecule has 4 amide bonds. The van der Waals surface area contributed by atoms with Gasteiger partial charge in [-0.1, -0.05) is 116 Å². The van der Waals surface area contributed by atoms with E-state index in [0.29, 0.717) is 71.3 Å². The Morgan fingerprint density at radius 2 is 1.19 bits per heavy atom. The van der Waals surface area contributed by atoms with E-state index in [2.05, 4.69) is 29.5 Å². The number of rotatable bonds is 12. The minimum atomic E-state index is -0.986. The minimum Gasteiger partial charge on any atom is -1.00 e. The zero-order valence-corrected chi connectivity index (χ0v) is 62.1. The molecule has 0 saturated heterocycles. The lowest BCUT2D eigenvalue weighted by molar-refractivity contribution is -0.562. The second kappa shape index (κ2) is 42.9. The van der Waals surface area contributed by atoms with Gasteiger partial charge in [-0.2, -0.15) is 0 Å². The topological polar surface area (TPSA) is 424 Å².